The van der Waals surface area contributed by atoms with Crippen molar-refractivity contribution < 1.29 is 9.53 Å². The Morgan fingerprint density at radius 1 is 1.19 bits per heavy atom. The lowest BCUT2D eigenvalue weighted by Gasteiger charge is -2.34. The summed E-state index contributed by atoms with van der Waals surface area (Å²) in [6, 6.07) is 7.85. The van der Waals surface area contributed by atoms with Gasteiger partial charge in [0.05, 0.1) is 29.4 Å². The summed E-state index contributed by atoms with van der Waals surface area (Å²) in [6.45, 7) is 1.25. The molecular weight excluding hydrogens is 464 g/mol. The second kappa shape index (κ2) is 10.1. The van der Waals surface area contributed by atoms with Gasteiger partial charge in [-0.3, -0.25) is 4.79 Å². The van der Waals surface area contributed by atoms with Crippen LogP contribution in [0.25, 0.3) is 22.3 Å². The molecule has 4 atom stereocenters. The number of aromatic nitrogens is 4. The smallest absolute Gasteiger partial charge is 0.250 e. The number of amides is 1. The van der Waals surface area contributed by atoms with Gasteiger partial charge in [-0.1, -0.05) is 48.6 Å². The molecule has 6 rings (SSSR count). The summed E-state index contributed by atoms with van der Waals surface area (Å²) in [4.78, 5) is 29.4. The zero-order chi connectivity index (χ0) is 25.2. The van der Waals surface area contributed by atoms with Crippen molar-refractivity contribution in [2.45, 2.75) is 31.3 Å². The largest absolute Gasteiger partial charge is 0.373 e. The zero-order valence-corrected chi connectivity index (χ0v) is 20.5. The molecule has 2 aliphatic carbocycles. The molecule has 4 N–H and O–H groups in total. The van der Waals surface area contributed by atoms with Crippen LogP contribution in [0.5, 0.6) is 0 Å². The minimum Gasteiger partial charge on any atom is -0.373 e. The van der Waals surface area contributed by atoms with Gasteiger partial charge in [0.1, 0.15) is 5.82 Å². The van der Waals surface area contributed by atoms with E-state index in [9.17, 15) is 4.79 Å². The normalized spacial score (nSPS) is 24.6. The van der Waals surface area contributed by atoms with Gasteiger partial charge < -0.3 is 20.8 Å². The van der Waals surface area contributed by atoms with Gasteiger partial charge in [-0.25, -0.2) is 15.0 Å². The molecule has 3 aromatic rings. The molecule has 0 spiro atoms. The van der Waals surface area contributed by atoms with E-state index in [-0.39, 0.29) is 29.8 Å². The second-order valence-electron chi connectivity index (χ2n) is 9.88. The molecule has 3 heterocycles. The Morgan fingerprint density at radius 3 is 3.00 bits per heavy atom. The lowest BCUT2D eigenvalue weighted by Crippen LogP contribution is -2.35. The molecule has 2 aromatic heterocycles. The van der Waals surface area contributed by atoms with Gasteiger partial charge in [-0.15, -0.1) is 0 Å². The predicted molar refractivity (Wildman–Crippen MR) is 143 cm³/mol. The highest BCUT2D eigenvalue weighted by Crippen LogP contribution is 2.36. The molecule has 8 heteroatoms. The van der Waals surface area contributed by atoms with Crippen molar-refractivity contribution in [2.24, 2.45) is 11.8 Å². The summed E-state index contributed by atoms with van der Waals surface area (Å²) in [7, 11) is 0. The average molecular weight is 495 g/mol. The fourth-order valence-corrected chi connectivity index (χ4v) is 5.30. The summed E-state index contributed by atoms with van der Waals surface area (Å²) in [5, 5.41) is 3.09. The number of H-pyrrole nitrogens is 1. The molecule has 1 aromatic carbocycles. The molecule has 37 heavy (non-hydrogen) atoms. The van der Waals surface area contributed by atoms with E-state index in [1.165, 1.54) is 0 Å². The Kier molecular flexibility index (Phi) is 6.40. The van der Waals surface area contributed by atoms with Crippen LogP contribution in [0.3, 0.4) is 0 Å². The van der Waals surface area contributed by atoms with Crippen LogP contribution < -0.4 is 11.1 Å². The van der Waals surface area contributed by atoms with Gasteiger partial charge in [0.15, 0.2) is 0 Å². The number of nitrogens with zero attached hydrogens (tertiary/aromatic N) is 3. The molecule has 8 nitrogen and oxygen atoms in total. The number of imidazole rings is 1. The van der Waals surface area contributed by atoms with Crippen LogP contribution in [0, 0.1) is 11.8 Å². The number of aromatic amines is 1. The maximum absolute atomic E-state index is 12.8. The number of nitrogen functional groups attached to an aromatic ring is 1. The number of benzene rings is 1. The Morgan fingerprint density at radius 2 is 2.14 bits per heavy atom. The van der Waals surface area contributed by atoms with Gasteiger partial charge in [-0.05, 0) is 43.4 Å². The van der Waals surface area contributed by atoms with Crippen LogP contribution in [-0.4, -0.2) is 45.1 Å². The Balaban J connectivity index is 1.12. The van der Waals surface area contributed by atoms with Crippen molar-refractivity contribution in [3.63, 3.8) is 0 Å². The van der Waals surface area contributed by atoms with E-state index in [0.717, 1.165) is 47.4 Å². The third-order valence-electron chi connectivity index (χ3n) is 7.32. The number of carbonyl (C=O) groups is 1. The molecule has 0 saturated carbocycles. The average Bonchev–Trinajstić information content (AvgIpc) is 3.36. The number of allylic oxidation sites excluding steroid dienone is 4. The van der Waals surface area contributed by atoms with E-state index in [1.54, 1.807) is 6.20 Å². The molecular formula is C29H30N6O2. The molecule has 188 valence electrons. The minimum absolute atomic E-state index is 0.00818. The van der Waals surface area contributed by atoms with Crippen LogP contribution in [0.15, 0.2) is 78.6 Å². The SMILES string of the molecule is Nc1nccc(-c2ccc3[nH]c(C4COC5C=CC(C(=O)NCCC6C=CC=CC6)=CC5C4)nc3c2)n1. The summed E-state index contributed by atoms with van der Waals surface area (Å²) in [5.41, 5.74) is 9.99. The molecule has 0 bridgehead atoms. The van der Waals surface area contributed by atoms with E-state index in [1.807, 2.05) is 36.4 Å². The number of carbonyl (C=O) groups excluding carboxylic acids is 1. The maximum atomic E-state index is 12.8. The quantitative estimate of drug-likeness (QED) is 0.472. The molecule has 1 saturated heterocycles. The molecule has 4 unspecified atom stereocenters. The van der Waals surface area contributed by atoms with Gasteiger partial charge in [-0.2, -0.15) is 0 Å². The third-order valence-corrected chi connectivity index (χ3v) is 7.32. The number of nitrogens with one attached hydrogen (secondary N) is 2. The van der Waals surface area contributed by atoms with Gasteiger partial charge in [0, 0.05) is 35.7 Å². The summed E-state index contributed by atoms with van der Waals surface area (Å²) < 4.78 is 6.17. The number of hydrogen-bond donors (Lipinski definition) is 3. The first-order valence-electron chi connectivity index (χ1n) is 12.8. The van der Waals surface area contributed by atoms with Crippen molar-refractivity contribution in [2.75, 3.05) is 18.9 Å². The topological polar surface area (TPSA) is 119 Å². The van der Waals surface area contributed by atoms with Crippen molar-refractivity contribution >= 4 is 22.9 Å². The first-order valence-corrected chi connectivity index (χ1v) is 12.8. The van der Waals surface area contributed by atoms with Gasteiger partial charge in [0.2, 0.25) is 5.95 Å². The summed E-state index contributed by atoms with van der Waals surface area (Å²) in [6.07, 6.45) is 19.0. The Bertz CT molecular complexity index is 1440. The molecule has 1 fully saturated rings. The van der Waals surface area contributed by atoms with E-state index in [0.29, 0.717) is 24.6 Å². The van der Waals surface area contributed by atoms with Crippen LogP contribution in [0.1, 0.15) is 31.0 Å². The number of fused-ring (bicyclic) bond motifs is 2. The first kappa shape index (κ1) is 23.4. The number of nitrogens with two attached hydrogens (primary N) is 1. The minimum atomic E-state index is -0.0196. The van der Waals surface area contributed by atoms with Gasteiger partial charge >= 0.3 is 0 Å². The Labute approximate surface area is 215 Å². The number of anilines is 1. The van der Waals surface area contributed by atoms with Crippen LogP contribution in [-0.2, 0) is 9.53 Å². The number of ether oxygens (including phenoxy) is 1. The highest BCUT2D eigenvalue weighted by Gasteiger charge is 2.33. The monoisotopic (exact) mass is 494 g/mol. The fourth-order valence-electron chi connectivity index (χ4n) is 5.30. The van der Waals surface area contributed by atoms with E-state index >= 15 is 0 Å². The second-order valence-corrected chi connectivity index (χ2v) is 9.88. The third kappa shape index (κ3) is 5.11. The Hall–Kier alpha value is -4.04. The van der Waals surface area contributed by atoms with E-state index < -0.39 is 0 Å². The van der Waals surface area contributed by atoms with Crippen LogP contribution in [0.4, 0.5) is 5.95 Å². The summed E-state index contributed by atoms with van der Waals surface area (Å²) in [5.74, 6) is 1.87. The number of hydrogen-bond acceptors (Lipinski definition) is 6. The highest BCUT2D eigenvalue weighted by molar-refractivity contribution is 5.96. The van der Waals surface area contributed by atoms with E-state index in [4.69, 9.17) is 15.5 Å². The first-order chi connectivity index (χ1) is 18.1. The summed E-state index contributed by atoms with van der Waals surface area (Å²) >= 11 is 0. The molecule has 0 radical (unpaired) electrons. The van der Waals surface area contributed by atoms with Crippen molar-refractivity contribution in [3.05, 3.63) is 84.4 Å². The number of rotatable bonds is 6. The lowest BCUT2D eigenvalue weighted by atomic mass is 9.83. The standard InChI is InChI=1S/C29H30N6O2/c30-29-32-13-11-23(35-29)19-6-8-24-25(16-19)34-27(33-24)22-15-21-14-20(7-9-26(21)37-17-22)28(36)31-12-10-18-4-2-1-3-5-18/h1-4,6-9,11,13-14,16,18,21-22,26H,5,10,12,15,17H2,(H,31,36)(H,33,34)(H2,30,32,35). The highest BCUT2D eigenvalue weighted by atomic mass is 16.5. The molecule has 3 aliphatic rings. The fraction of sp³-hybridized carbons (Fsp3) is 0.310. The predicted octanol–water partition coefficient (Wildman–Crippen LogP) is 4.23. The van der Waals surface area contributed by atoms with Crippen molar-refractivity contribution in [3.8, 4) is 11.3 Å². The van der Waals surface area contributed by atoms with Crippen LogP contribution in [0.2, 0.25) is 0 Å². The van der Waals surface area contributed by atoms with E-state index in [2.05, 4.69) is 50.6 Å². The molecule has 1 aliphatic heterocycles. The maximum Gasteiger partial charge on any atom is 0.250 e. The lowest BCUT2D eigenvalue weighted by molar-refractivity contribution is -0.117. The van der Waals surface area contributed by atoms with Crippen molar-refractivity contribution in [1.29, 1.82) is 0 Å². The van der Waals surface area contributed by atoms with Gasteiger partial charge in [0.25, 0.3) is 5.91 Å². The zero-order valence-electron chi connectivity index (χ0n) is 20.5. The van der Waals surface area contributed by atoms with Crippen molar-refractivity contribution in [1.82, 2.24) is 25.3 Å². The van der Waals surface area contributed by atoms with Crippen LogP contribution >= 0.6 is 0 Å². The molecule has 1 amide bonds.